The van der Waals surface area contributed by atoms with E-state index in [-0.39, 0.29) is 6.04 Å². The number of ketones is 1. The number of fused-ring (bicyclic) bond motifs is 2. The monoisotopic (exact) mass is 243 g/mol. The minimum absolute atomic E-state index is 0.0104. The highest BCUT2D eigenvalue weighted by Gasteiger charge is 2.45. The minimum Gasteiger partial charge on any atom is -0.298 e. The van der Waals surface area contributed by atoms with Crippen LogP contribution in [0.15, 0.2) is 30.3 Å². The second-order valence-corrected chi connectivity index (χ2v) is 5.54. The summed E-state index contributed by atoms with van der Waals surface area (Å²) in [5.74, 6) is 0.375. The van der Waals surface area contributed by atoms with E-state index in [1.165, 1.54) is 31.2 Å². The molecular weight excluding hydrogens is 222 g/mol. The molecule has 0 aliphatic carbocycles. The number of rotatable bonds is 4. The molecule has 0 spiro atoms. The molecule has 18 heavy (non-hydrogen) atoms. The van der Waals surface area contributed by atoms with Crippen molar-refractivity contribution in [3.8, 4) is 0 Å². The highest BCUT2D eigenvalue weighted by Crippen LogP contribution is 2.43. The third-order valence-corrected chi connectivity index (χ3v) is 4.58. The number of Topliss-reactive ketones (excluding diaryl/α,β-unsaturated/α-hetero) is 1. The fourth-order valence-corrected chi connectivity index (χ4v) is 3.73. The lowest BCUT2D eigenvalue weighted by atomic mass is 9.99. The Hall–Kier alpha value is -1.15. The maximum Gasteiger partial charge on any atom is 0.154 e. The number of hydrogen-bond donors (Lipinski definition) is 0. The Morgan fingerprint density at radius 1 is 1.17 bits per heavy atom. The van der Waals surface area contributed by atoms with Crippen LogP contribution in [0, 0.1) is 0 Å². The van der Waals surface area contributed by atoms with Crippen molar-refractivity contribution in [3.05, 3.63) is 35.9 Å². The molecule has 0 amide bonds. The molecule has 3 rings (SSSR count). The minimum atomic E-state index is 0.0104. The molecule has 1 aromatic rings. The van der Waals surface area contributed by atoms with Gasteiger partial charge in [-0.1, -0.05) is 37.3 Å². The van der Waals surface area contributed by atoms with Crippen molar-refractivity contribution in [1.82, 2.24) is 4.90 Å². The summed E-state index contributed by atoms with van der Waals surface area (Å²) in [7, 11) is 0. The van der Waals surface area contributed by atoms with Gasteiger partial charge in [0.25, 0.3) is 0 Å². The Labute approximate surface area is 109 Å². The van der Waals surface area contributed by atoms with Gasteiger partial charge in [-0.15, -0.1) is 0 Å². The largest absolute Gasteiger partial charge is 0.298 e. The third-order valence-electron chi connectivity index (χ3n) is 4.58. The van der Waals surface area contributed by atoms with Crippen LogP contribution in [0.3, 0.4) is 0 Å². The van der Waals surface area contributed by atoms with Gasteiger partial charge in [0, 0.05) is 18.5 Å². The molecule has 1 unspecified atom stereocenters. The molecule has 0 N–H and O–H groups in total. The van der Waals surface area contributed by atoms with E-state index in [2.05, 4.69) is 17.0 Å². The van der Waals surface area contributed by atoms with Gasteiger partial charge < -0.3 is 0 Å². The lowest BCUT2D eigenvalue weighted by Gasteiger charge is -2.31. The summed E-state index contributed by atoms with van der Waals surface area (Å²) in [6, 6.07) is 11.6. The fourth-order valence-electron chi connectivity index (χ4n) is 3.73. The smallest absolute Gasteiger partial charge is 0.154 e. The van der Waals surface area contributed by atoms with Crippen LogP contribution in [0.1, 0.15) is 50.6 Å². The zero-order chi connectivity index (χ0) is 12.5. The van der Waals surface area contributed by atoms with E-state index in [9.17, 15) is 4.79 Å². The van der Waals surface area contributed by atoms with Crippen LogP contribution in [0.2, 0.25) is 0 Å². The molecule has 2 heterocycles. The molecule has 2 heteroatoms. The first kappa shape index (κ1) is 11.9. The lowest BCUT2D eigenvalue weighted by Crippen LogP contribution is -2.37. The molecule has 1 aromatic carbocycles. The highest BCUT2D eigenvalue weighted by molar-refractivity contribution is 5.85. The van der Waals surface area contributed by atoms with E-state index in [4.69, 9.17) is 0 Å². The predicted octanol–water partition coefficient (Wildman–Crippen LogP) is 3.33. The van der Waals surface area contributed by atoms with E-state index in [0.717, 1.165) is 0 Å². The standard InChI is InChI=1S/C16H21NO/c1-2-15(18)16(12-6-4-3-5-7-12)17-13-8-9-14(17)11-10-13/h3-7,13-14,16H,2,8-11H2,1H3. The molecule has 2 fully saturated rings. The maximum absolute atomic E-state index is 12.4. The summed E-state index contributed by atoms with van der Waals surface area (Å²) >= 11 is 0. The van der Waals surface area contributed by atoms with E-state index in [1.807, 2.05) is 25.1 Å². The molecular formula is C16H21NO. The van der Waals surface area contributed by atoms with Gasteiger partial charge in [-0.25, -0.2) is 0 Å². The zero-order valence-corrected chi connectivity index (χ0v) is 11.0. The first-order chi connectivity index (χ1) is 8.81. The van der Waals surface area contributed by atoms with Crippen molar-refractivity contribution in [3.63, 3.8) is 0 Å². The van der Waals surface area contributed by atoms with Gasteiger partial charge in [0.2, 0.25) is 0 Å². The van der Waals surface area contributed by atoms with Gasteiger partial charge in [0.1, 0.15) is 0 Å². The van der Waals surface area contributed by atoms with Crippen LogP contribution in [0.25, 0.3) is 0 Å². The first-order valence-electron chi connectivity index (χ1n) is 7.16. The van der Waals surface area contributed by atoms with Gasteiger partial charge in [0.05, 0.1) is 6.04 Å². The second-order valence-electron chi connectivity index (χ2n) is 5.54. The summed E-state index contributed by atoms with van der Waals surface area (Å²) in [5.41, 5.74) is 1.18. The molecule has 2 saturated heterocycles. The molecule has 2 aliphatic rings. The molecule has 2 aliphatic heterocycles. The Balaban J connectivity index is 1.94. The summed E-state index contributed by atoms with van der Waals surface area (Å²) < 4.78 is 0. The van der Waals surface area contributed by atoms with Gasteiger partial charge in [0.15, 0.2) is 5.78 Å². The van der Waals surface area contributed by atoms with Crippen molar-refractivity contribution in [2.75, 3.05) is 0 Å². The van der Waals surface area contributed by atoms with Gasteiger partial charge in [-0.3, -0.25) is 9.69 Å². The van der Waals surface area contributed by atoms with E-state index in [0.29, 0.717) is 24.3 Å². The van der Waals surface area contributed by atoms with Crippen LogP contribution in [-0.4, -0.2) is 22.8 Å². The predicted molar refractivity (Wildman–Crippen MR) is 72.4 cm³/mol. The van der Waals surface area contributed by atoms with E-state index in [1.54, 1.807) is 0 Å². The van der Waals surface area contributed by atoms with E-state index < -0.39 is 0 Å². The number of carbonyl (C=O) groups excluding carboxylic acids is 1. The second kappa shape index (κ2) is 4.85. The lowest BCUT2D eigenvalue weighted by molar-refractivity contribution is -0.124. The van der Waals surface area contributed by atoms with Crippen LogP contribution in [0.5, 0.6) is 0 Å². The molecule has 1 atom stereocenters. The average molecular weight is 243 g/mol. The number of benzene rings is 1. The average Bonchev–Trinajstić information content (AvgIpc) is 3.00. The van der Waals surface area contributed by atoms with Crippen LogP contribution in [0.4, 0.5) is 0 Å². The van der Waals surface area contributed by atoms with Crippen LogP contribution >= 0.6 is 0 Å². The molecule has 96 valence electrons. The van der Waals surface area contributed by atoms with Crippen LogP contribution in [-0.2, 0) is 4.79 Å². The first-order valence-corrected chi connectivity index (χ1v) is 7.16. The summed E-state index contributed by atoms with van der Waals surface area (Å²) in [6.07, 6.45) is 5.77. The molecule has 0 radical (unpaired) electrons. The number of nitrogens with zero attached hydrogens (tertiary/aromatic N) is 1. The quantitative estimate of drug-likeness (QED) is 0.808. The van der Waals surface area contributed by atoms with Crippen molar-refractivity contribution in [2.45, 2.75) is 57.2 Å². The summed E-state index contributed by atoms with van der Waals surface area (Å²) in [6.45, 7) is 1.98. The van der Waals surface area contributed by atoms with Crippen LogP contribution < -0.4 is 0 Å². The van der Waals surface area contributed by atoms with Gasteiger partial charge >= 0.3 is 0 Å². The Morgan fingerprint density at radius 3 is 2.22 bits per heavy atom. The highest BCUT2D eigenvalue weighted by atomic mass is 16.1. The molecule has 2 nitrogen and oxygen atoms in total. The fraction of sp³-hybridized carbons (Fsp3) is 0.562. The van der Waals surface area contributed by atoms with Crippen molar-refractivity contribution >= 4 is 5.78 Å². The summed E-state index contributed by atoms with van der Waals surface area (Å²) in [5, 5.41) is 0. The van der Waals surface area contributed by atoms with Crippen molar-refractivity contribution in [2.24, 2.45) is 0 Å². The van der Waals surface area contributed by atoms with Crippen molar-refractivity contribution in [1.29, 1.82) is 0 Å². The third kappa shape index (κ3) is 1.89. The van der Waals surface area contributed by atoms with Crippen molar-refractivity contribution < 1.29 is 4.79 Å². The normalized spacial score (nSPS) is 28.5. The number of hydrogen-bond acceptors (Lipinski definition) is 2. The number of carbonyl (C=O) groups is 1. The molecule has 2 bridgehead atoms. The Bertz CT molecular complexity index is 408. The van der Waals surface area contributed by atoms with Gasteiger partial charge in [-0.05, 0) is 31.2 Å². The van der Waals surface area contributed by atoms with Gasteiger partial charge in [-0.2, -0.15) is 0 Å². The Morgan fingerprint density at radius 2 is 1.72 bits per heavy atom. The zero-order valence-electron chi connectivity index (χ0n) is 11.0. The molecule has 0 aromatic heterocycles. The summed E-state index contributed by atoms with van der Waals surface area (Å²) in [4.78, 5) is 14.9. The SMILES string of the molecule is CCC(=O)C(c1ccccc1)N1C2CCC1CC2. The maximum atomic E-state index is 12.4. The Kier molecular flexibility index (Phi) is 3.21. The topological polar surface area (TPSA) is 20.3 Å². The molecule has 0 saturated carbocycles. The van der Waals surface area contributed by atoms with E-state index >= 15 is 0 Å².